The van der Waals surface area contributed by atoms with Gasteiger partial charge in [0.25, 0.3) is 5.91 Å². The molecule has 33 heavy (non-hydrogen) atoms. The van der Waals surface area contributed by atoms with Gasteiger partial charge in [-0.05, 0) is 57.2 Å². The first-order valence-electron chi connectivity index (χ1n) is 11.8. The van der Waals surface area contributed by atoms with Gasteiger partial charge in [-0.25, -0.2) is 13.2 Å². The third-order valence-electron chi connectivity index (χ3n) is 6.69. The van der Waals surface area contributed by atoms with Crippen LogP contribution in [0, 0.1) is 12.8 Å². The standard InChI is InChI=1S/C24H32N2O5S2/c1-3-31-24(28)21-18-9-8-10-19(18)32-23(21)25-22(27)17-12-11-16(2)20(15-17)33(29,30)26-13-6-4-5-7-14-26/h11-12,15,18-19H,3-10,13-14H2,1-2H3,(H,25,27). The lowest BCUT2D eigenvalue weighted by molar-refractivity contribution is -0.139. The zero-order valence-corrected chi connectivity index (χ0v) is 20.9. The summed E-state index contributed by atoms with van der Waals surface area (Å²) in [6.45, 7) is 4.81. The summed E-state index contributed by atoms with van der Waals surface area (Å²) in [7, 11) is -3.68. The molecule has 1 saturated carbocycles. The van der Waals surface area contributed by atoms with Crippen molar-refractivity contribution in [2.24, 2.45) is 5.92 Å². The van der Waals surface area contributed by atoms with E-state index in [4.69, 9.17) is 4.74 Å². The molecule has 0 bridgehead atoms. The summed E-state index contributed by atoms with van der Waals surface area (Å²) in [5.41, 5.74) is 1.44. The fraction of sp³-hybridized carbons (Fsp3) is 0.583. The van der Waals surface area contributed by atoms with E-state index in [-0.39, 0.29) is 34.2 Å². The largest absolute Gasteiger partial charge is 0.463 e. The number of thioether (sulfide) groups is 1. The molecular weight excluding hydrogens is 460 g/mol. The molecule has 4 rings (SSSR count). The summed E-state index contributed by atoms with van der Waals surface area (Å²) in [6.07, 6.45) is 6.73. The molecule has 2 unspecified atom stereocenters. The number of hydrogen-bond acceptors (Lipinski definition) is 6. The van der Waals surface area contributed by atoms with E-state index in [9.17, 15) is 18.0 Å². The molecule has 2 aliphatic heterocycles. The van der Waals surface area contributed by atoms with E-state index in [2.05, 4.69) is 5.32 Å². The minimum atomic E-state index is -3.68. The number of rotatable bonds is 6. The zero-order valence-electron chi connectivity index (χ0n) is 19.3. The summed E-state index contributed by atoms with van der Waals surface area (Å²) in [5.74, 6) is -0.684. The number of hydrogen-bond donors (Lipinski definition) is 1. The van der Waals surface area contributed by atoms with Gasteiger partial charge in [-0.15, -0.1) is 11.8 Å². The SMILES string of the molecule is CCOC(=O)C1=C(NC(=O)c2ccc(C)c(S(=O)(=O)N3CCCCCC3)c2)SC2CCCC12. The zero-order chi connectivity index (χ0) is 23.6. The lowest BCUT2D eigenvalue weighted by Crippen LogP contribution is -2.32. The Morgan fingerprint density at radius 1 is 1.12 bits per heavy atom. The molecule has 1 aliphatic carbocycles. The van der Waals surface area contributed by atoms with Crippen LogP contribution in [0.1, 0.15) is 67.8 Å². The second-order valence-corrected chi connectivity index (χ2v) is 12.1. The van der Waals surface area contributed by atoms with Gasteiger partial charge in [0.15, 0.2) is 0 Å². The van der Waals surface area contributed by atoms with Gasteiger partial charge >= 0.3 is 5.97 Å². The fourth-order valence-corrected chi connectivity index (χ4v) is 8.25. The van der Waals surface area contributed by atoms with Crippen molar-refractivity contribution in [3.8, 4) is 0 Å². The van der Waals surface area contributed by atoms with E-state index in [1.165, 1.54) is 17.8 Å². The highest BCUT2D eigenvalue weighted by molar-refractivity contribution is 8.04. The van der Waals surface area contributed by atoms with Crippen LogP contribution in [0.15, 0.2) is 33.7 Å². The number of amides is 1. The Labute approximate surface area is 200 Å². The van der Waals surface area contributed by atoms with Crippen LogP contribution in [-0.2, 0) is 19.6 Å². The van der Waals surface area contributed by atoms with E-state index in [0.717, 1.165) is 44.9 Å². The number of sulfonamides is 1. The van der Waals surface area contributed by atoms with Crippen molar-refractivity contribution in [3.05, 3.63) is 39.9 Å². The number of nitrogens with zero attached hydrogens (tertiary/aromatic N) is 1. The lowest BCUT2D eigenvalue weighted by atomic mass is 9.98. The molecule has 1 aromatic carbocycles. The molecule has 180 valence electrons. The molecule has 1 N–H and O–H groups in total. The summed E-state index contributed by atoms with van der Waals surface area (Å²) in [5, 5.41) is 3.72. The number of nitrogens with one attached hydrogen (secondary N) is 1. The van der Waals surface area contributed by atoms with Gasteiger partial charge in [-0.1, -0.05) is 25.3 Å². The van der Waals surface area contributed by atoms with Crippen molar-refractivity contribution >= 4 is 33.7 Å². The average Bonchev–Trinajstić information content (AvgIpc) is 3.23. The molecule has 1 aromatic rings. The molecule has 7 nitrogen and oxygen atoms in total. The van der Waals surface area contributed by atoms with Crippen molar-refractivity contribution < 1.29 is 22.7 Å². The number of carbonyl (C=O) groups excluding carboxylic acids is 2. The van der Waals surface area contributed by atoms with Crippen molar-refractivity contribution in [2.75, 3.05) is 19.7 Å². The maximum Gasteiger partial charge on any atom is 0.336 e. The minimum Gasteiger partial charge on any atom is -0.463 e. The second-order valence-electron chi connectivity index (χ2n) is 8.91. The van der Waals surface area contributed by atoms with Gasteiger partial charge in [-0.2, -0.15) is 4.31 Å². The van der Waals surface area contributed by atoms with Crippen molar-refractivity contribution in [3.63, 3.8) is 0 Å². The Kier molecular flexibility index (Phi) is 7.50. The number of esters is 1. The summed E-state index contributed by atoms with van der Waals surface area (Å²) >= 11 is 1.52. The summed E-state index contributed by atoms with van der Waals surface area (Å²) in [4.78, 5) is 25.9. The highest BCUT2D eigenvalue weighted by Crippen LogP contribution is 2.49. The normalized spacial score (nSPS) is 23.8. The fourth-order valence-electron chi connectivity index (χ4n) is 4.95. The Morgan fingerprint density at radius 2 is 1.85 bits per heavy atom. The van der Waals surface area contributed by atoms with Gasteiger partial charge < -0.3 is 10.1 Å². The van der Waals surface area contributed by atoms with Gasteiger partial charge in [0.05, 0.1) is 22.1 Å². The number of benzene rings is 1. The Balaban J connectivity index is 1.60. The van der Waals surface area contributed by atoms with Gasteiger partial charge in [-0.3, -0.25) is 4.79 Å². The van der Waals surface area contributed by atoms with Crippen LogP contribution < -0.4 is 5.32 Å². The van der Waals surface area contributed by atoms with E-state index in [0.29, 0.717) is 29.3 Å². The molecule has 2 fully saturated rings. The van der Waals surface area contributed by atoms with E-state index >= 15 is 0 Å². The monoisotopic (exact) mass is 492 g/mol. The highest BCUT2D eigenvalue weighted by Gasteiger charge is 2.43. The highest BCUT2D eigenvalue weighted by atomic mass is 32.2. The molecule has 0 radical (unpaired) electrons. The average molecular weight is 493 g/mol. The molecule has 3 aliphatic rings. The smallest absolute Gasteiger partial charge is 0.336 e. The number of carbonyl (C=O) groups is 2. The van der Waals surface area contributed by atoms with Gasteiger partial charge in [0, 0.05) is 29.8 Å². The van der Waals surface area contributed by atoms with Gasteiger partial charge in [0.1, 0.15) is 0 Å². The maximum absolute atomic E-state index is 13.3. The van der Waals surface area contributed by atoms with Crippen molar-refractivity contribution in [1.82, 2.24) is 9.62 Å². The van der Waals surface area contributed by atoms with Crippen LogP contribution in [-0.4, -0.2) is 49.5 Å². The molecule has 2 heterocycles. The molecular formula is C24H32N2O5S2. The second kappa shape index (κ2) is 10.2. The Morgan fingerprint density at radius 3 is 2.55 bits per heavy atom. The summed E-state index contributed by atoms with van der Waals surface area (Å²) in [6, 6.07) is 4.78. The number of fused-ring (bicyclic) bond motifs is 1. The topological polar surface area (TPSA) is 92.8 Å². The van der Waals surface area contributed by atoms with Crippen molar-refractivity contribution in [2.45, 2.75) is 68.9 Å². The molecule has 9 heteroatoms. The van der Waals surface area contributed by atoms with Crippen LogP contribution in [0.4, 0.5) is 0 Å². The Hall–Kier alpha value is -1.84. The van der Waals surface area contributed by atoms with E-state index in [1.54, 1.807) is 30.3 Å². The van der Waals surface area contributed by atoms with E-state index in [1.807, 2.05) is 0 Å². The minimum absolute atomic E-state index is 0.0985. The first-order chi connectivity index (χ1) is 15.8. The van der Waals surface area contributed by atoms with Crippen LogP contribution in [0.25, 0.3) is 0 Å². The lowest BCUT2D eigenvalue weighted by Gasteiger charge is -2.21. The number of ether oxygens (including phenoxy) is 1. The predicted octanol–water partition coefficient (Wildman–Crippen LogP) is 3.98. The first kappa shape index (κ1) is 24.3. The third-order valence-corrected chi connectivity index (χ3v) is 10.2. The van der Waals surface area contributed by atoms with E-state index < -0.39 is 15.9 Å². The van der Waals surface area contributed by atoms with Crippen LogP contribution in [0.3, 0.4) is 0 Å². The molecule has 1 saturated heterocycles. The van der Waals surface area contributed by atoms with Crippen LogP contribution >= 0.6 is 11.8 Å². The van der Waals surface area contributed by atoms with Crippen molar-refractivity contribution in [1.29, 1.82) is 0 Å². The third kappa shape index (κ3) is 5.00. The molecule has 1 amide bonds. The predicted molar refractivity (Wildman–Crippen MR) is 128 cm³/mol. The van der Waals surface area contributed by atoms with Crippen LogP contribution in [0.2, 0.25) is 0 Å². The first-order valence-corrected chi connectivity index (χ1v) is 14.1. The molecule has 0 aromatic heterocycles. The molecule has 2 atom stereocenters. The number of aryl methyl sites for hydroxylation is 1. The summed E-state index contributed by atoms with van der Waals surface area (Å²) < 4.78 is 33.5. The van der Waals surface area contributed by atoms with Crippen LogP contribution in [0.5, 0.6) is 0 Å². The quantitative estimate of drug-likeness (QED) is 0.604. The van der Waals surface area contributed by atoms with Gasteiger partial charge in [0.2, 0.25) is 10.0 Å². The molecule has 0 spiro atoms. The Bertz CT molecular complexity index is 1060. The maximum atomic E-state index is 13.3.